The minimum absolute atomic E-state index is 0.351. The number of nitrogens with one attached hydrogen (secondary N) is 1. The fraction of sp³-hybridized carbons (Fsp3) is 0.333. The number of amides is 1. The van der Waals surface area contributed by atoms with Crippen molar-refractivity contribution in [3.05, 3.63) is 34.5 Å². The number of hydrogen-bond donors (Lipinski definition) is 2. The number of carbonyl (C=O) groups excluding carboxylic acids is 1. The Morgan fingerprint density at radius 2 is 2.10 bits per heavy atom. The van der Waals surface area contributed by atoms with Gasteiger partial charge in [0.2, 0.25) is 0 Å². The predicted octanol–water partition coefficient (Wildman–Crippen LogP) is 3.09. The van der Waals surface area contributed by atoms with Gasteiger partial charge in [-0.25, -0.2) is 9.18 Å². The van der Waals surface area contributed by atoms with E-state index in [2.05, 4.69) is 5.32 Å². The number of carboxylic acid groups (broad SMARTS) is 1. The van der Waals surface area contributed by atoms with Gasteiger partial charge in [0.15, 0.2) is 0 Å². The molecule has 0 aliphatic heterocycles. The van der Waals surface area contributed by atoms with Crippen LogP contribution in [0.15, 0.2) is 18.2 Å². The first-order valence-corrected chi connectivity index (χ1v) is 7.49. The average molecular weight is 307 g/mol. The highest BCUT2D eigenvalue weighted by molar-refractivity contribution is 7.21. The molecule has 0 spiro atoms. The maximum Gasteiger partial charge on any atom is 0.329 e. The number of hydrogen-bond acceptors (Lipinski definition) is 3. The second-order valence-electron chi connectivity index (χ2n) is 5.39. The van der Waals surface area contributed by atoms with Gasteiger partial charge in [-0.05, 0) is 55.3 Å². The smallest absolute Gasteiger partial charge is 0.329 e. The van der Waals surface area contributed by atoms with Crippen LogP contribution in [0.2, 0.25) is 0 Å². The summed E-state index contributed by atoms with van der Waals surface area (Å²) in [5.41, 5.74) is -0.447. The van der Waals surface area contributed by atoms with Crippen LogP contribution in [-0.4, -0.2) is 22.5 Å². The van der Waals surface area contributed by atoms with Gasteiger partial charge in [-0.2, -0.15) is 0 Å². The number of aliphatic carboxylic acids is 1. The van der Waals surface area contributed by atoms with Crippen molar-refractivity contribution in [3.63, 3.8) is 0 Å². The lowest BCUT2D eigenvalue weighted by Crippen LogP contribution is -2.59. The summed E-state index contributed by atoms with van der Waals surface area (Å²) >= 11 is 1.26. The molecule has 110 valence electrons. The van der Waals surface area contributed by atoms with Crippen LogP contribution in [0, 0.1) is 12.7 Å². The van der Waals surface area contributed by atoms with Crippen molar-refractivity contribution in [2.45, 2.75) is 31.7 Å². The highest BCUT2D eigenvalue weighted by Crippen LogP contribution is 2.35. The van der Waals surface area contributed by atoms with E-state index in [1.54, 1.807) is 13.0 Å². The molecule has 0 unspecified atom stereocenters. The Balaban J connectivity index is 1.95. The highest BCUT2D eigenvalue weighted by atomic mass is 32.1. The van der Waals surface area contributed by atoms with Crippen LogP contribution in [-0.2, 0) is 4.79 Å². The van der Waals surface area contributed by atoms with Crippen molar-refractivity contribution in [2.75, 3.05) is 0 Å². The quantitative estimate of drug-likeness (QED) is 0.915. The SMILES string of the molecule is Cc1c(C(=O)NC2(C(=O)O)CCC2)sc2ccc(F)cc12. The number of thiophene rings is 1. The first-order valence-electron chi connectivity index (χ1n) is 6.67. The van der Waals surface area contributed by atoms with Gasteiger partial charge in [0, 0.05) is 4.70 Å². The van der Waals surface area contributed by atoms with E-state index >= 15 is 0 Å². The lowest BCUT2D eigenvalue weighted by Gasteiger charge is -2.38. The van der Waals surface area contributed by atoms with E-state index in [0.29, 0.717) is 28.7 Å². The van der Waals surface area contributed by atoms with E-state index in [1.165, 1.54) is 23.5 Å². The van der Waals surface area contributed by atoms with Gasteiger partial charge < -0.3 is 10.4 Å². The summed E-state index contributed by atoms with van der Waals surface area (Å²) in [6.07, 6.45) is 1.70. The number of carboxylic acids is 1. The largest absolute Gasteiger partial charge is 0.480 e. The lowest BCUT2D eigenvalue weighted by atomic mass is 9.76. The van der Waals surface area contributed by atoms with Crippen LogP contribution >= 0.6 is 11.3 Å². The molecular formula is C15H14FNO3S. The molecule has 1 aromatic heterocycles. The number of aryl methyl sites for hydroxylation is 1. The first-order chi connectivity index (χ1) is 9.93. The van der Waals surface area contributed by atoms with Gasteiger partial charge in [-0.15, -0.1) is 11.3 Å². The summed E-state index contributed by atoms with van der Waals surface area (Å²) in [5.74, 6) is -1.74. The Morgan fingerprint density at radius 3 is 2.67 bits per heavy atom. The molecule has 1 aliphatic carbocycles. The summed E-state index contributed by atoms with van der Waals surface area (Å²) < 4.78 is 14.1. The van der Waals surface area contributed by atoms with E-state index in [9.17, 15) is 19.1 Å². The normalized spacial score (nSPS) is 16.5. The second-order valence-corrected chi connectivity index (χ2v) is 6.44. The van der Waals surface area contributed by atoms with Crippen molar-refractivity contribution in [2.24, 2.45) is 0 Å². The van der Waals surface area contributed by atoms with Gasteiger partial charge in [-0.1, -0.05) is 0 Å². The van der Waals surface area contributed by atoms with E-state index < -0.39 is 17.4 Å². The molecule has 2 N–H and O–H groups in total. The minimum atomic E-state index is -1.13. The molecule has 3 rings (SSSR count). The van der Waals surface area contributed by atoms with Crippen LogP contribution < -0.4 is 5.32 Å². The average Bonchev–Trinajstić information content (AvgIpc) is 2.71. The molecule has 0 saturated heterocycles. The Labute approximate surface area is 124 Å². The number of fused-ring (bicyclic) bond motifs is 1. The predicted molar refractivity (Wildman–Crippen MR) is 78.2 cm³/mol. The number of halogens is 1. The third-order valence-electron chi connectivity index (χ3n) is 4.07. The highest BCUT2D eigenvalue weighted by Gasteiger charge is 2.46. The molecule has 1 aromatic carbocycles. The van der Waals surface area contributed by atoms with Gasteiger partial charge in [0.25, 0.3) is 5.91 Å². The van der Waals surface area contributed by atoms with Crippen LogP contribution in [0.4, 0.5) is 4.39 Å². The molecule has 1 aliphatic rings. The molecule has 1 saturated carbocycles. The molecule has 1 heterocycles. The van der Waals surface area contributed by atoms with Crippen LogP contribution in [0.3, 0.4) is 0 Å². The summed E-state index contributed by atoms with van der Waals surface area (Å²) in [5, 5.41) is 12.6. The fourth-order valence-corrected chi connectivity index (χ4v) is 3.69. The zero-order valence-electron chi connectivity index (χ0n) is 11.4. The summed E-state index contributed by atoms with van der Waals surface area (Å²) in [6, 6.07) is 4.38. The van der Waals surface area contributed by atoms with Gasteiger partial charge in [0.05, 0.1) is 4.88 Å². The Kier molecular flexibility index (Phi) is 3.20. The van der Waals surface area contributed by atoms with E-state index in [0.717, 1.165) is 11.1 Å². The monoisotopic (exact) mass is 307 g/mol. The molecule has 0 atom stereocenters. The molecule has 2 aromatic rings. The second kappa shape index (κ2) is 4.80. The number of carbonyl (C=O) groups is 2. The molecule has 4 nitrogen and oxygen atoms in total. The van der Waals surface area contributed by atoms with Crippen molar-refractivity contribution in [1.82, 2.24) is 5.32 Å². The Hall–Kier alpha value is -1.95. The molecule has 0 bridgehead atoms. The van der Waals surface area contributed by atoms with Crippen molar-refractivity contribution in [1.29, 1.82) is 0 Å². The van der Waals surface area contributed by atoms with Crippen LogP contribution in [0.5, 0.6) is 0 Å². The van der Waals surface area contributed by atoms with E-state index in [4.69, 9.17) is 0 Å². The van der Waals surface area contributed by atoms with Gasteiger partial charge in [0.1, 0.15) is 11.4 Å². The topological polar surface area (TPSA) is 66.4 Å². The number of benzene rings is 1. The third kappa shape index (κ3) is 2.19. The molecule has 1 fully saturated rings. The Bertz CT molecular complexity index is 749. The van der Waals surface area contributed by atoms with Crippen molar-refractivity contribution >= 4 is 33.3 Å². The summed E-state index contributed by atoms with van der Waals surface area (Å²) in [6.45, 7) is 1.75. The van der Waals surface area contributed by atoms with E-state index in [1.807, 2.05) is 0 Å². The van der Waals surface area contributed by atoms with Gasteiger partial charge >= 0.3 is 5.97 Å². The molecular weight excluding hydrogens is 293 g/mol. The zero-order chi connectivity index (χ0) is 15.2. The van der Waals surface area contributed by atoms with Crippen LogP contribution in [0.25, 0.3) is 10.1 Å². The summed E-state index contributed by atoms with van der Waals surface area (Å²) in [4.78, 5) is 24.1. The van der Waals surface area contributed by atoms with Crippen LogP contribution in [0.1, 0.15) is 34.5 Å². The van der Waals surface area contributed by atoms with Gasteiger partial charge in [-0.3, -0.25) is 4.79 Å². The first kappa shape index (κ1) is 14.0. The maximum atomic E-state index is 13.3. The summed E-state index contributed by atoms with van der Waals surface area (Å²) in [7, 11) is 0. The fourth-order valence-electron chi connectivity index (χ4n) is 2.61. The maximum absolute atomic E-state index is 13.3. The molecule has 1 amide bonds. The molecule has 6 heteroatoms. The molecule has 21 heavy (non-hydrogen) atoms. The lowest BCUT2D eigenvalue weighted by molar-refractivity contribution is -0.148. The number of rotatable bonds is 3. The van der Waals surface area contributed by atoms with Crippen molar-refractivity contribution in [3.8, 4) is 0 Å². The van der Waals surface area contributed by atoms with E-state index in [-0.39, 0.29) is 5.82 Å². The molecule has 0 radical (unpaired) electrons. The Morgan fingerprint density at radius 1 is 1.38 bits per heavy atom. The standard InChI is InChI=1S/C15H14FNO3S/c1-8-10-7-9(16)3-4-11(10)21-12(8)13(18)17-15(14(19)20)5-2-6-15/h3-4,7H,2,5-6H2,1H3,(H,17,18)(H,19,20). The minimum Gasteiger partial charge on any atom is -0.480 e. The van der Waals surface area contributed by atoms with Crippen molar-refractivity contribution < 1.29 is 19.1 Å². The zero-order valence-corrected chi connectivity index (χ0v) is 12.2. The third-order valence-corrected chi connectivity index (χ3v) is 5.35.